The number of carbonyl (C=O) groups is 1. The quantitative estimate of drug-likeness (QED) is 0.845. The first-order valence-corrected chi connectivity index (χ1v) is 6.47. The summed E-state index contributed by atoms with van der Waals surface area (Å²) in [6, 6.07) is 5.01. The molecule has 2 N–H and O–H groups in total. The minimum absolute atomic E-state index is 0.252. The average Bonchev–Trinajstić information content (AvgIpc) is 2.42. The number of hydrogen-bond acceptors (Lipinski definition) is 3. The van der Waals surface area contributed by atoms with Crippen molar-refractivity contribution in [1.82, 2.24) is 10.3 Å². The van der Waals surface area contributed by atoms with Crippen LogP contribution < -0.4 is 10.9 Å². The van der Waals surface area contributed by atoms with Crippen molar-refractivity contribution < 1.29 is 4.79 Å². The van der Waals surface area contributed by atoms with E-state index < -0.39 is 5.54 Å². The number of rotatable bonds is 2. The van der Waals surface area contributed by atoms with Gasteiger partial charge in [0.2, 0.25) is 5.56 Å². The summed E-state index contributed by atoms with van der Waals surface area (Å²) in [5, 5.41) is 12.2. The second-order valence-corrected chi connectivity index (χ2v) is 5.27. The standard InChI is InChI=1S/C14H17N3O2/c1-10-4-6-14(9-15,7-5-10)17-13(19)11-2-3-12(18)16-8-11/h2-3,8,10H,4-7H2,1H3,(H,16,18)(H,17,19). The topological polar surface area (TPSA) is 85.8 Å². The van der Waals surface area contributed by atoms with Crippen LogP contribution in [0.3, 0.4) is 0 Å². The van der Waals surface area contributed by atoms with Gasteiger partial charge in [-0.3, -0.25) is 9.59 Å². The van der Waals surface area contributed by atoms with E-state index in [0.29, 0.717) is 24.3 Å². The van der Waals surface area contributed by atoms with Crippen molar-refractivity contribution in [3.8, 4) is 6.07 Å². The van der Waals surface area contributed by atoms with Gasteiger partial charge in [-0.2, -0.15) is 5.26 Å². The number of carbonyl (C=O) groups excluding carboxylic acids is 1. The first-order valence-electron chi connectivity index (χ1n) is 6.47. The molecule has 5 nitrogen and oxygen atoms in total. The van der Waals surface area contributed by atoms with Gasteiger partial charge in [0.15, 0.2) is 0 Å². The van der Waals surface area contributed by atoms with Gasteiger partial charge in [-0.25, -0.2) is 0 Å². The molecule has 1 saturated carbocycles. The lowest BCUT2D eigenvalue weighted by Crippen LogP contribution is -2.49. The summed E-state index contributed by atoms with van der Waals surface area (Å²) in [7, 11) is 0. The molecule has 19 heavy (non-hydrogen) atoms. The molecule has 1 aromatic rings. The number of amides is 1. The Morgan fingerprint density at radius 1 is 1.47 bits per heavy atom. The second-order valence-electron chi connectivity index (χ2n) is 5.27. The van der Waals surface area contributed by atoms with Crippen molar-refractivity contribution in [3.63, 3.8) is 0 Å². The highest BCUT2D eigenvalue weighted by molar-refractivity contribution is 5.94. The maximum Gasteiger partial charge on any atom is 0.254 e. The monoisotopic (exact) mass is 259 g/mol. The Kier molecular flexibility index (Phi) is 3.70. The van der Waals surface area contributed by atoms with E-state index >= 15 is 0 Å². The third kappa shape index (κ3) is 3.02. The lowest BCUT2D eigenvalue weighted by atomic mass is 9.78. The Balaban J connectivity index is 2.11. The summed E-state index contributed by atoms with van der Waals surface area (Å²) >= 11 is 0. The van der Waals surface area contributed by atoms with Crippen LogP contribution in [0, 0.1) is 17.2 Å². The first kappa shape index (κ1) is 13.3. The lowest BCUT2D eigenvalue weighted by Gasteiger charge is -2.34. The molecule has 0 aromatic carbocycles. The molecular formula is C14H17N3O2. The number of aromatic nitrogens is 1. The van der Waals surface area contributed by atoms with E-state index in [1.807, 2.05) is 0 Å². The average molecular weight is 259 g/mol. The summed E-state index contributed by atoms with van der Waals surface area (Å²) in [5.41, 5.74) is -0.648. The minimum Gasteiger partial charge on any atom is -0.334 e. The van der Waals surface area contributed by atoms with Gasteiger partial charge in [0, 0.05) is 12.3 Å². The van der Waals surface area contributed by atoms with Gasteiger partial charge in [0.05, 0.1) is 11.6 Å². The van der Waals surface area contributed by atoms with Crippen LogP contribution in [0.4, 0.5) is 0 Å². The highest BCUT2D eigenvalue weighted by Crippen LogP contribution is 2.31. The van der Waals surface area contributed by atoms with Crippen molar-refractivity contribution in [2.75, 3.05) is 0 Å². The highest BCUT2D eigenvalue weighted by atomic mass is 16.2. The molecule has 0 unspecified atom stereocenters. The van der Waals surface area contributed by atoms with Crippen LogP contribution in [0.15, 0.2) is 23.1 Å². The fraction of sp³-hybridized carbons (Fsp3) is 0.500. The van der Waals surface area contributed by atoms with Crippen molar-refractivity contribution in [2.24, 2.45) is 5.92 Å². The summed E-state index contributed by atoms with van der Waals surface area (Å²) in [6.07, 6.45) is 4.62. The first-order chi connectivity index (χ1) is 9.04. The normalized spacial score (nSPS) is 26.4. The second kappa shape index (κ2) is 5.27. The molecule has 0 saturated heterocycles. The maximum absolute atomic E-state index is 12.1. The summed E-state index contributed by atoms with van der Waals surface area (Å²) in [5.74, 6) is 0.291. The number of nitriles is 1. The minimum atomic E-state index is -0.764. The third-order valence-electron chi connectivity index (χ3n) is 3.74. The van der Waals surface area contributed by atoms with Crippen molar-refractivity contribution in [1.29, 1.82) is 5.26 Å². The molecule has 0 atom stereocenters. The maximum atomic E-state index is 12.1. The van der Waals surface area contributed by atoms with E-state index in [1.54, 1.807) is 0 Å². The van der Waals surface area contributed by atoms with Crippen LogP contribution in [0.25, 0.3) is 0 Å². The molecular weight excluding hydrogens is 242 g/mol. The van der Waals surface area contributed by atoms with Gasteiger partial charge >= 0.3 is 0 Å². The third-order valence-corrected chi connectivity index (χ3v) is 3.74. The van der Waals surface area contributed by atoms with E-state index in [4.69, 9.17) is 0 Å². The Morgan fingerprint density at radius 3 is 2.68 bits per heavy atom. The van der Waals surface area contributed by atoms with Crippen molar-refractivity contribution in [3.05, 3.63) is 34.2 Å². The summed E-state index contributed by atoms with van der Waals surface area (Å²) < 4.78 is 0. The number of nitrogens with one attached hydrogen (secondary N) is 2. The van der Waals surface area contributed by atoms with Crippen LogP contribution >= 0.6 is 0 Å². The van der Waals surface area contributed by atoms with E-state index in [2.05, 4.69) is 23.3 Å². The molecule has 0 radical (unpaired) electrons. The lowest BCUT2D eigenvalue weighted by molar-refractivity contribution is 0.0893. The molecule has 5 heteroatoms. The van der Waals surface area contributed by atoms with Gasteiger partial charge in [-0.15, -0.1) is 0 Å². The summed E-state index contributed by atoms with van der Waals surface area (Å²) in [4.78, 5) is 25.5. The van der Waals surface area contributed by atoms with Gasteiger partial charge in [0.1, 0.15) is 5.54 Å². The SMILES string of the molecule is CC1CCC(C#N)(NC(=O)c2ccc(=O)[nH]c2)CC1. The Morgan fingerprint density at radius 2 is 2.16 bits per heavy atom. The zero-order chi connectivity index (χ0) is 13.9. The Labute approximate surface area is 111 Å². The van der Waals surface area contributed by atoms with Gasteiger partial charge in [-0.1, -0.05) is 6.92 Å². The molecule has 100 valence electrons. The van der Waals surface area contributed by atoms with Crippen molar-refractivity contribution >= 4 is 5.91 Å². The largest absolute Gasteiger partial charge is 0.334 e. The predicted molar refractivity (Wildman–Crippen MR) is 70.5 cm³/mol. The fourth-order valence-corrected chi connectivity index (χ4v) is 2.36. The number of nitrogens with zero attached hydrogens (tertiary/aromatic N) is 1. The van der Waals surface area contributed by atoms with E-state index in [0.717, 1.165) is 12.8 Å². The number of H-pyrrole nitrogens is 1. The molecule has 1 aromatic heterocycles. The Hall–Kier alpha value is -2.09. The van der Waals surface area contributed by atoms with Gasteiger partial charge < -0.3 is 10.3 Å². The van der Waals surface area contributed by atoms with Gasteiger partial charge in [-0.05, 0) is 37.7 Å². The van der Waals surface area contributed by atoms with Crippen LogP contribution in [0.1, 0.15) is 43.0 Å². The molecule has 0 aliphatic heterocycles. The molecule has 1 fully saturated rings. The van der Waals surface area contributed by atoms with Crippen LogP contribution in [0.2, 0.25) is 0 Å². The Bertz CT molecular complexity index is 542. The molecule has 2 rings (SSSR count). The van der Waals surface area contributed by atoms with E-state index in [9.17, 15) is 14.9 Å². The molecule has 1 aliphatic rings. The molecule has 1 aliphatic carbocycles. The van der Waals surface area contributed by atoms with E-state index in [1.165, 1.54) is 18.3 Å². The van der Waals surface area contributed by atoms with Crippen LogP contribution in [-0.4, -0.2) is 16.4 Å². The van der Waals surface area contributed by atoms with Crippen molar-refractivity contribution in [2.45, 2.75) is 38.1 Å². The number of pyridine rings is 1. The van der Waals surface area contributed by atoms with Crippen LogP contribution in [-0.2, 0) is 0 Å². The smallest absolute Gasteiger partial charge is 0.254 e. The number of hydrogen-bond donors (Lipinski definition) is 2. The molecule has 1 amide bonds. The number of aromatic amines is 1. The zero-order valence-corrected chi connectivity index (χ0v) is 10.9. The fourth-order valence-electron chi connectivity index (χ4n) is 2.36. The predicted octanol–water partition coefficient (Wildman–Crippen LogP) is 1.58. The highest BCUT2D eigenvalue weighted by Gasteiger charge is 2.35. The molecule has 1 heterocycles. The van der Waals surface area contributed by atoms with Crippen LogP contribution in [0.5, 0.6) is 0 Å². The van der Waals surface area contributed by atoms with E-state index in [-0.39, 0.29) is 11.5 Å². The summed E-state index contributed by atoms with van der Waals surface area (Å²) in [6.45, 7) is 2.16. The van der Waals surface area contributed by atoms with Gasteiger partial charge in [0.25, 0.3) is 5.91 Å². The molecule has 0 spiro atoms. The molecule has 0 bridgehead atoms. The zero-order valence-electron chi connectivity index (χ0n) is 10.9.